The number of hydrogen-bond acceptors (Lipinski definition) is 4. The van der Waals surface area contributed by atoms with E-state index in [0.29, 0.717) is 24.1 Å². The molecule has 3 aromatic carbocycles. The van der Waals surface area contributed by atoms with Crippen molar-refractivity contribution >= 4 is 21.6 Å². The van der Waals surface area contributed by atoms with Crippen molar-refractivity contribution in [2.45, 2.75) is 56.0 Å². The lowest BCUT2D eigenvalue weighted by atomic mass is 9.87. The Labute approximate surface area is 240 Å². The number of halogens is 1. The number of amides is 1. The Bertz CT molecular complexity index is 1700. The minimum atomic E-state index is -3.74. The largest absolute Gasteiger partial charge is 0.337 e. The minimum Gasteiger partial charge on any atom is -0.337 e. The lowest BCUT2D eigenvalue weighted by Gasteiger charge is -2.29. The van der Waals surface area contributed by atoms with Gasteiger partial charge in [-0.25, -0.2) is 22.5 Å². The molecule has 6 rings (SSSR count). The monoisotopic (exact) mass is 572 g/mol. The molecule has 7 nitrogen and oxygen atoms in total. The Morgan fingerprint density at radius 2 is 1.88 bits per heavy atom. The first kappa shape index (κ1) is 27.4. The van der Waals surface area contributed by atoms with Crippen LogP contribution in [0.4, 0.5) is 10.1 Å². The summed E-state index contributed by atoms with van der Waals surface area (Å²) >= 11 is 0. The summed E-state index contributed by atoms with van der Waals surface area (Å²) in [6.45, 7) is 2.17. The number of sulfonamides is 1. The lowest BCUT2D eigenvalue weighted by Crippen LogP contribution is -2.34. The van der Waals surface area contributed by atoms with E-state index >= 15 is 0 Å². The van der Waals surface area contributed by atoms with Crippen LogP contribution in [0.25, 0.3) is 0 Å². The zero-order valence-corrected chi connectivity index (χ0v) is 23.9. The second kappa shape index (κ2) is 10.9. The van der Waals surface area contributed by atoms with Crippen LogP contribution >= 0.6 is 0 Å². The fraction of sp³-hybridized carbons (Fsp3) is 0.312. The minimum absolute atomic E-state index is 0.0891. The summed E-state index contributed by atoms with van der Waals surface area (Å²) in [6, 6.07) is 18.9. The fourth-order valence-corrected chi connectivity index (χ4v) is 7.07. The second-order valence-electron chi connectivity index (χ2n) is 11.1. The van der Waals surface area contributed by atoms with Crippen LogP contribution in [0.5, 0.6) is 0 Å². The van der Waals surface area contributed by atoms with Crippen molar-refractivity contribution in [3.05, 3.63) is 113 Å². The molecular weight excluding hydrogens is 539 g/mol. The number of carbonyl (C=O) groups excluding carboxylic acids is 1. The van der Waals surface area contributed by atoms with E-state index in [1.807, 2.05) is 42.9 Å². The number of benzene rings is 3. The summed E-state index contributed by atoms with van der Waals surface area (Å²) in [7, 11) is -1.86. The molecule has 4 aromatic rings. The number of hydrogen-bond donors (Lipinski definition) is 1. The summed E-state index contributed by atoms with van der Waals surface area (Å²) in [5.41, 5.74) is 4.18. The zero-order chi connectivity index (χ0) is 28.7. The number of aromatic nitrogens is 2. The van der Waals surface area contributed by atoms with Gasteiger partial charge in [0.1, 0.15) is 11.6 Å². The zero-order valence-electron chi connectivity index (χ0n) is 23.1. The molecule has 2 aliphatic rings. The average molecular weight is 573 g/mol. The Balaban J connectivity index is 1.32. The van der Waals surface area contributed by atoms with Crippen molar-refractivity contribution in [1.29, 1.82) is 0 Å². The number of fused-ring (bicyclic) bond motifs is 1. The van der Waals surface area contributed by atoms with E-state index in [1.165, 1.54) is 6.07 Å². The Hall–Kier alpha value is -3.82. The van der Waals surface area contributed by atoms with Crippen molar-refractivity contribution in [3.8, 4) is 0 Å². The van der Waals surface area contributed by atoms with Crippen molar-refractivity contribution in [2.24, 2.45) is 13.0 Å². The van der Waals surface area contributed by atoms with E-state index in [2.05, 4.69) is 9.71 Å². The van der Waals surface area contributed by atoms with Crippen LogP contribution in [0.15, 0.2) is 84.0 Å². The highest BCUT2D eigenvalue weighted by Crippen LogP contribution is 2.50. The molecule has 1 aromatic heterocycles. The predicted molar refractivity (Wildman–Crippen MR) is 155 cm³/mol. The van der Waals surface area contributed by atoms with Gasteiger partial charge in [0.15, 0.2) is 0 Å². The van der Waals surface area contributed by atoms with E-state index < -0.39 is 16.1 Å². The van der Waals surface area contributed by atoms with Gasteiger partial charge in [-0.2, -0.15) is 0 Å². The van der Waals surface area contributed by atoms with Crippen LogP contribution < -0.4 is 9.62 Å². The third-order valence-electron chi connectivity index (χ3n) is 8.28. The number of anilines is 1. The predicted octanol–water partition coefficient (Wildman–Crippen LogP) is 5.56. The summed E-state index contributed by atoms with van der Waals surface area (Å²) in [4.78, 5) is 20.4. The van der Waals surface area contributed by atoms with Gasteiger partial charge in [0, 0.05) is 37.1 Å². The molecule has 9 heteroatoms. The number of nitrogens with one attached hydrogen (secondary N) is 1. The molecule has 0 aliphatic heterocycles. The smallest absolute Gasteiger partial charge is 0.241 e. The first-order valence-electron chi connectivity index (χ1n) is 13.9. The number of imidazole rings is 1. The molecule has 1 saturated carbocycles. The van der Waals surface area contributed by atoms with Crippen LogP contribution in [0.3, 0.4) is 0 Å². The summed E-state index contributed by atoms with van der Waals surface area (Å²) in [5, 5.41) is 0. The standard InChI is InChI=1S/C32H33FN4O3S/c1-21-10-14-24(15-11-21)41(39,40)35-30-9-5-6-22-12-13-23(18-26(22)30)37(20-31-34-16-17-36(31)2)32(38)28-19-27(28)25-7-3-4-8-29(25)33/h3-4,7-8,10-18,27-28,30,35H,5-6,9,19-20H2,1-2H3/t27-,28-,30-/m0/s1. The molecule has 0 bridgehead atoms. The van der Waals surface area contributed by atoms with E-state index in [0.717, 1.165) is 35.4 Å². The molecule has 0 saturated heterocycles. The molecule has 41 heavy (non-hydrogen) atoms. The van der Waals surface area contributed by atoms with Gasteiger partial charge >= 0.3 is 0 Å². The quantitative estimate of drug-likeness (QED) is 0.300. The second-order valence-corrected chi connectivity index (χ2v) is 12.8. The van der Waals surface area contributed by atoms with E-state index in [-0.39, 0.29) is 35.0 Å². The average Bonchev–Trinajstić information content (AvgIpc) is 3.65. The van der Waals surface area contributed by atoms with Crippen molar-refractivity contribution in [3.63, 3.8) is 0 Å². The molecule has 0 spiro atoms. The molecular formula is C32H33FN4O3S. The van der Waals surface area contributed by atoms with Crippen LogP contribution in [-0.4, -0.2) is 23.9 Å². The van der Waals surface area contributed by atoms with Crippen LogP contribution in [0.2, 0.25) is 0 Å². The molecule has 1 amide bonds. The van der Waals surface area contributed by atoms with E-state index in [1.54, 1.807) is 53.6 Å². The molecule has 0 unspecified atom stereocenters. The molecule has 2 aliphatic carbocycles. The highest BCUT2D eigenvalue weighted by atomic mass is 32.2. The molecule has 1 fully saturated rings. The lowest BCUT2D eigenvalue weighted by molar-refractivity contribution is -0.120. The number of nitrogens with zero attached hydrogens (tertiary/aromatic N) is 3. The summed E-state index contributed by atoms with van der Waals surface area (Å²) in [5.74, 6) is -0.163. The SMILES string of the molecule is Cc1ccc(S(=O)(=O)N[C@H]2CCCc3ccc(N(Cc4nccn4C)C(=O)[C@H]4C[C@H]4c4ccccc4F)cc32)cc1. The fourth-order valence-electron chi connectivity index (χ4n) is 5.82. The molecule has 0 radical (unpaired) electrons. The first-order valence-corrected chi connectivity index (χ1v) is 15.4. The maximum atomic E-state index is 14.5. The number of carbonyl (C=O) groups is 1. The Morgan fingerprint density at radius 3 is 2.61 bits per heavy atom. The van der Waals surface area contributed by atoms with Crippen LogP contribution in [0, 0.1) is 18.7 Å². The normalized spacial score (nSPS) is 19.9. The van der Waals surface area contributed by atoms with Gasteiger partial charge in [-0.15, -0.1) is 0 Å². The third kappa shape index (κ3) is 5.56. The summed E-state index contributed by atoms with van der Waals surface area (Å²) < 4.78 is 45.9. The summed E-state index contributed by atoms with van der Waals surface area (Å²) in [6.07, 6.45) is 6.47. The van der Waals surface area contributed by atoms with Crippen molar-refractivity contribution in [2.75, 3.05) is 4.90 Å². The first-order chi connectivity index (χ1) is 19.7. The Morgan fingerprint density at radius 1 is 1.10 bits per heavy atom. The highest BCUT2D eigenvalue weighted by Gasteiger charge is 2.47. The van der Waals surface area contributed by atoms with Gasteiger partial charge < -0.3 is 9.47 Å². The molecule has 1 heterocycles. The van der Waals surface area contributed by atoms with Crippen molar-refractivity contribution in [1.82, 2.24) is 14.3 Å². The van der Waals surface area contributed by atoms with Gasteiger partial charge in [0.2, 0.25) is 15.9 Å². The van der Waals surface area contributed by atoms with Crippen LogP contribution in [0.1, 0.15) is 59.3 Å². The number of rotatable bonds is 8. The van der Waals surface area contributed by atoms with E-state index in [9.17, 15) is 17.6 Å². The maximum absolute atomic E-state index is 14.5. The third-order valence-corrected chi connectivity index (χ3v) is 9.77. The van der Waals surface area contributed by atoms with Gasteiger partial charge in [0.25, 0.3) is 0 Å². The topological polar surface area (TPSA) is 84.3 Å². The maximum Gasteiger partial charge on any atom is 0.241 e. The van der Waals surface area contributed by atoms with Gasteiger partial charge in [-0.1, -0.05) is 42.0 Å². The van der Waals surface area contributed by atoms with Gasteiger partial charge in [-0.3, -0.25) is 4.79 Å². The Kier molecular flexibility index (Phi) is 7.25. The molecule has 1 N–H and O–H groups in total. The number of aryl methyl sites for hydroxylation is 3. The van der Waals surface area contributed by atoms with Crippen molar-refractivity contribution < 1.29 is 17.6 Å². The molecule has 212 valence electrons. The van der Waals surface area contributed by atoms with E-state index in [4.69, 9.17) is 0 Å². The van der Waals surface area contributed by atoms with Gasteiger partial charge in [-0.05, 0) is 85.5 Å². The highest BCUT2D eigenvalue weighted by molar-refractivity contribution is 7.89. The van der Waals surface area contributed by atoms with Crippen LogP contribution in [-0.2, 0) is 34.8 Å². The molecule has 3 atom stereocenters. The van der Waals surface area contributed by atoms with Gasteiger partial charge in [0.05, 0.1) is 11.4 Å².